The highest BCUT2D eigenvalue weighted by atomic mass is 35.5. The average molecular weight is 215 g/mol. The van der Waals surface area contributed by atoms with Gasteiger partial charge in [0.1, 0.15) is 0 Å². The molecule has 0 amide bonds. The van der Waals surface area contributed by atoms with E-state index in [9.17, 15) is 0 Å². The molecule has 1 aromatic rings. The lowest BCUT2D eigenvalue weighted by Gasteiger charge is -2.09. The molecule has 0 aromatic heterocycles. The van der Waals surface area contributed by atoms with E-state index in [0.717, 1.165) is 23.1 Å². The molecule has 0 fully saturated rings. The third-order valence-corrected chi connectivity index (χ3v) is 2.56. The van der Waals surface area contributed by atoms with E-state index in [1.807, 2.05) is 26.0 Å². The summed E-state index contributed by atoms with van der Waals surface area (Å²) >= 11 is 12.1. The fraction of sp³-hybridized carbons (Fsp3) is 0.273. The Morgan fingerprint density at radius 1 is 1.31 bits per heavy atom. The molecule has 0 nitrogen and oxygen atoms in total. The molecular weight excluding hydrogens is 203 g/mol. The molecule has 0 saturated carbocycles. The topological polar surface area (TPSA) is 0 Å². The minimum atomic E-state index is 0.692. The molecule has 13 heavy (non-hydrogen) atoms. The van der Waals surface area contributed by atoms with Crippen LogP contribution in [0.3, 0.4) is 0 Å². The van der Waals surface area contributed by atoms with Crippen molar-refractivity contribution in [2.75, 3.05) is 0 Å². The van der Waals surface area contributed by atoms with Gasteiger partial charge in [0.15, 0.2) is 0 Å². The molecule has 0 aliphatic rings. The van der Waals surface area contributed by atoms with Crippen LogP contribution in [0.25, 0.3) is 5.57 Å². The Morgan fingerprint density at radius 3 is 2.15 bits per heavy atom. The van der Waals surface area contributed by atoms with Gasteiger partial charge in [-0.15, -0.1) is 0 Å². The first-order valence-corrected chi connectivity index (χ1v) is 4.95. The molecule has 0 aliphatic heterocycles. The molecule has 70 valence electrons. The van der Waals surface area contributed by atoms with E-state index in [1.165, 1.54) is 0 Å². The van der Waals surface area contributed by atoms with Crippen molar-refractivity contribution in [1.29, 1.82) is 0 Å². The molecule has 0 N–H and O–H groups in total. The van der Waals surface area contributed by atoms with Gasteiger partial charge in [0.05, 0.1) is 0 Å². The van der Waals surface area contributed by atoms with Crippen molar-refractivity contribution in [2.45, 2.75) is 20.3 Å². The highest BCUT2D eigenvalue weighted by Crippen LogP contribution is 2.32. The summed E-state index contributed by atoms with van der Waals surface area (Å²) < 4.78 is 0. The van der Waals surface area contributed by atoms with Gasteiger partial charge in [0.2, 0.25) is 0 Å². The number of hydrogen-bond donors (Lipinski definition) is 0. The van der Waals surface area contributed by atoms with E-state index in [2.05, 4.69) is 6.58 Å². The zero-order valence-corrected chi connectivity index (χ0v) is 9.34. The lowest BCUT2D eigenvalue weighted by Crippen LogP contribution is -1.86. The van der Waals surface area contributed by atoms with Crippen LogP contribution in [0.2, 0.25) is 10.0 Å². The molecule has 0 spiro atoms. The van der Waals surface area contributed by atoms with E-state index in [-0.39, 0.29) is 0 Å². The van der Waals surface area contributed by atoms with Gasteiger partial charge in [0.25, 0.3) is 0 Å². The second kappa shape index (κ2) is 4.17. The van der Waals surface area contributed by atoms with Crippen LogP contribution in [0.1, 0.15) is 24.5 Å². The molecule has 0 radical (unpaired) electrons. The van der Waals surface area contributed by atoms with Crippen molar-refractivity contribution in [3.8, 4) is 0 Å². The van der Waals surface area contributed by atoms with Crippen LogP contribution >= 0.6 is 23.2 Å². The van der Waals surface area contributed by atoms with Crippen molar-refractivity contribution >= 4 is 28.8 Å². The predicted octanol–water partition coefficient (Wildman–Crippen LogP) is 4.73. The van der Waals surface area contributed by atoms with Crippen LogP contribution in [-0.2, 0) is 0 Å². The summed E-state index contributed by atoms with van der Waals surface area (Å²) in [6, 6.07) is 3.81. The molecule has 0 unspecified atom stereocenters. The second-order valence-corrected chi connectivity index (χ2v) is 3.88. The lowest BCUT2D eigenvalue weighted by molar-refractivity contribution is 1.24. The summed E-state index contributed by atoms with van der Waals surface area (Å²) in [4.78, 5) is 0. The standard InChI is InChI=1S/C11H12Cl2/c1-4-8(3)11-9(12)5-7(2)6-10(11)13/h5-6H,3-4H2,1-2H3. The summed E-state index contributed by atoms with van der Waals surface area (Å²) in [5, 5.41) is 1.38. The van der Waals surface area contributed by atoms with Crippen LogP contribution in [0.15, 0.2) is 18.7 Å². The quantitative estimate of drug-likeness (QED) is 0.669. The summed E-state index contributed by atoms with van der Waals surface area (Å²) in [6.07, 6.45) is 0.864. The summed E-state index contributed by atoms with van der Waals surface area (Å²) in [5.74, 6) is 0. The summed E-state index contributed by atoms with van der Waals surface area (Å²) in [6.45, 7) is 7.93. The number of rotatable bonds is 2. The van der Waals surface area contributed by atoms with Gasteiger partial charge in [-0.25, -0.2) is 0 Å². The van der Waals surface area contributed by atoms with Crippen LogP contribution in [0, 0.1) is 6.92 Å². The smallest absolute Gasteiger partial charge is 0.0498 e. The number of halogens is 2. The van der Waals surface area contributed by atoms with E-state index in [4.69, 9.17) is 23.2 Å². The normalized spacial score (nSPS) is 10.2. The molecule has 0 aliphatic carbocycles. The van der Waals surface area contributed by atoms with E-state index in [0.29, 0.717) is 10.0 Å². The second-order valence-electron chi connectivity index (χ2n) is 3.06. The lowest BCUT2D eigenvalue weighted by atomic mass is 10.0. The molecule has 2 heteroatoms. The summed E-state index contributed by atoms with van der Waals surface area (Å²) in [5.41, 5.74) is 2.94. The zero-order chi connectivity index (χ0) is 10.0. The number of allylic oxidation sites excluding steroid dienone is 1. The Hall–Kier alpha value is -0.460. The molecule has 0 heterocycles. The molecular formula is C11H12Cl2. The highest BCUT2D eigenvalue weighted by molar-refractivity contribution is 6.37. The van der Waals surface area contributed by atoms with Crippen molar-refractivity contribution in [3.05, 3.63) is 39.9 Å². The average Bonchev–Trinajstić information content (AvgIpc) is 2.02. The Morgan fingerprint density at radius 2 is 1.77 bits per heavy atom. The first-order valence-electron chi connectivity index (χ1n) is 4.20. The molecule has 1 aromatic carbocycles. The number of hydrogen-bond acceptors (Lipinski definition) is 0. The minimum Gasteiger partial charge on any atom is -0.0951 e. The van der Waals surface area contributed by atoms with Crippen molar-refractivity contribution in [1.82, 2.24) is 0 Å². The fourth-order valence-corrected chi connectivity index (χ4v) is 2.08. The molecule has 0 atom stereocenters. The zero-order valence-electron chi connectivity index (χ0n) is 7.82. The largest absolute Gasteiger partial charge is 0.0951 e. The van der Waals surface area contributed by atoms with Crippen LogP contribution < -0.4 is 0 Å². The first-order chi connectivity index (χ1) is 6.06. The van der Waals surface area contributed by atoms with Gasteiger partial charge in [-0.3, -0.25) is 0 Å². The number of benzene rings is 1. The SMILES string of the molecule is C=C(CC)c1c(Cl)cc(C)cc1Cl. The maximum Gasteiger partial charge on any atom is 0.0498 e. The summed E-state index contributed by atoms with van der Waals surface area (Å²) in [7, 11) is 0. The minimum absolute atomic E-state index is 0.692. The third kappa shape index (κ3) is 2.26. The molecule has 0 saturated heterocycles. The van der Waals surface area contributed by atoms with Crippen molar-refractivity contribution < 1.29 is 0 Å². The van der Waals surface area contributed by atoms with Gasteiger partial charge >= 0.3 is 0 Å². The van der Waals surface area contributed by atoms with Crippen LogP contribution in [0.5, 0.6) is 0 Å². The van der Waals surface area contributed by atoms with E-state index >= 15 is 0 Å². The molecule has 1 rings (SSSR count). The Labute approximate surface area is 89.2 Å². The maximum atomic E-state index is 6.06. The van der Waals surface area contributed by atoms with Gasteiger partial charge in [-0.05, 0) is 36.6 Å². The van der Waals surface area contributed by atoms with Crippen LogP contribution in [-0.4, -0.2) is 0 Å². The first kappa shape index (κ1) is 10.6. The highest BCUT2D eigenvalue weighted by Gasteiger charge is 2.08. The maximum absolute atomic E-state index is 6.06. The fourth-order valence-electron chi connectivity index (χ4n) is 1.21. The van der Waals surface area contributed by atoms with Gasteiger partial charge < -0.3 is 0 Å². The molecule has 0 bridgehead atoms. The van der Waals surface area contributed by atoms with E-state index < -0.39 is 0 Å². The van der Waals surface area contributed by atoms with E-state index in [1.54, 1.807) is 0 Å². The third-order valence-electron chi connectivity index (χ3n) is 1.97. The Balaban J connectivity index is 3.28. The predicted molar refractivity (Wildman–Crippen MR) is 60.5 cm³/mol. The van der Waals surface area contributed by atoms with Gasteiger partial charge in [0, 0.05) is 15.6 Å². The van der Waals surface area contributed by atoms with Crippen molar-refractivity contribution in [3.63, 3.8) is 0 Å². The van der Waals surface area contributed by atoms with Crippen molar-refractivity contribution in [2.24, 2.45) is 0 Å². The monoisotopic (exact) mass is 214 g/mol. The van der Waals surface area contributed by atoms with Crippen LogP contribution in [0.4, 0.5) is 0 Å². The Bertz CT molecular complexity index is 317. The Kier molecular flexibility index (Phi) is 3.40. The number of aryl methyl sites for hydroxylation is 1. The van der Waals surface area contributed by atoms with Gasteiger partial charge in [-0.2, -0.15) is 0 Å². The van der Waals surface area contributed by atoms with Gasteiger partial charge in [-0.1, -0.05) is 36.7 Å².